The Kier molecular flexibility index (Phi) is 13.6. The molecule has 0 aromatic heterocycles. The van der Waals surface area contributed by atoms with Crippen LogP contribution >= 0.6 is 0 Å². The Labute approximate surface area is 222 Å². The maximum Gasteiger partial charge on any atom is -0.0354 e. The zero-order chi connectivity index (χ0) is 24.9. The van der Waals surface area contributed by atoms with E-state index < -0.39 is 0 Å². The SMILES string of the molecule is CCCCCC1CCCCCCCCCC(C)(C)CCCC1C1CCC(C2CCC(CC)CC2)C1. The molecule has 3 rings (SSSR count). The van der Waals surface area contributed by atoms with Crippen LogP contribution in [0.3, 0.4) is 0 Å². The summed E-state index contributed by atoms with van der Waals surface area (Å²) in [5, 5.41) is 0. The van der Waals surface area contributed by atoms with Crippen molar-refractivity contribution in [3.05, 3.63) is 0 Å². The van der Waals surface area contributed by atoms with Crippen LogP contribution in [0.2, 0.25) is 0 Å². The second-order valence-electron chi connectivity index (χ2n) is 14.5. The topological polar surface area (TPSA) is 0 Å². The summed E-state index contributed by atoms with van der Waals surface area (Å²) in [6.45, 7) is 9.98. The van der Waals surface area contributed by atoms with E-state index >= 15 is 0 Å². The minimum Gasteiger partial charge on any atom is -0.0654 e. The summed E-state index contributed by atoms with van der Waals surface area (Å²) < 4.78 is 0. The molecule has 4 atom stereocenters. The first kappa shape index (κ1) is 29.6. The summed E-state index contributed by atoms with van der Waals surface area (Å²) in [6.07, 6.45) is 36.3. The molecule has 0 N–H and O–H groups in total. The molecule has 0 nitrogen and oxygen atoms in total. The van der Waals surface area contributed by atoms with Gasteiger partial charge in [-0.1, -0.05) is 130 Å². The van der Waals surface area contributed by atoms with Crippen molar-refractivity contribution in [1.82, 2.24) is 0 Å². The molecule has 0 heteroatoms. The molecule has 0 radical (unpaired) electrons. The maximum absolute atomic E-state index is 2.58. The van der Waals surface area contributed by atoms with Gasteiger partial charge in [0.25, 0.3) is 0 Å². The van der Waals surface area contributed by atoms with Crippen LogP contribution < -0.4 is 0 Å². The van der Waals surface area contributed by atoms with Gasteiger partial charge in [0.05, 0.1) is 0 Å². The molecule has 0 aliphatic heterocycles. The lowest BCUT2D eigenvalue weighted by atomic mass is 9.70. The fourth-order valence-corrected chi connectivity index (χ4v) is 8.86. The van der Waals surface area contributed by atoms with E-state index in [-0.39, 0.29) is 0 Å². The van der Waals surface area contributed by atoms with E-state index in [1.165, 1.54) is 89.9 Å². The third-order valence-corrected chi connectivity index (χ3v) is 11.4. The predicted octanol–water partition coefficient (Wildman–Crippen LogP) is 12.2. The molecule has 0 amide bonds. The predicted molar refractivity (Wildman–Crippen MR) is 157 cm³/mol. The molecule has 3 saturated carbocycles. The number of rotatable bonds is 7. The van der Waals surface area contributed by atoms with Crippen molar-refractivity contribution in [2.75, 3.05) is 0 Å². The van der Waals surface area contributed by atoms with Crippen LogP contribution in [-0.4, -0.2) is 0 Å². The summed E-state index contributed by atoms with van der Waals surface area (Å²) in [7, 11) is 0. The third-order valence-electron chi connectivity index (χ3n) is 11.4. The van der Waals surface area contributed by atoms with E-state index in [9.17, 15) is 0 Å². The number of hydrogen-bond acceptors (Lipinski definition) is 0. The average molecular weight is 487 g/mol. The van der Waals surface area contributed by atoms with Gasteiger partial charge >= 0.3 is 0 Å². The first-order valence-electron chi connectivity index (χ1n) is 17.0. The van der Waals surface area contributed by atoms with E-state index in [1.54, 1.807) is 64.2 Å². The number of hydrogen-bond donors (Lipinski definition) is 0. The van der Waals surface area contributed by atoms with Crippen molar-refractivity contribution in [2.24, 2.45) is 40.9 Å². The molecule has 0 heterocycles. The van der Waals surface area contributed by atoms with E-state index in [1.807, 2.05) is 0 Å². The smallest absolute Gasteiger partial charge is 0.0354 e. The Balaban J connectivity index is 1.65. The first-order chi connectivity index (χ1) is 17.0. The van der Waals surface area contributed by atoms with Crippen molar-refractivity contribution < 1.29 is 0 Å². The first-order valence-corrected chi connectivity index (χ1v) is 17.0. The highest BCUT2D eigenvalue weighted by atomic mass is 14.4. The lowest BCUT2D eigenvalue weighted by molar-refractivity contribution is 0.154. The molecule has 206 valence electrons. The molecule has 35 heavy (non-hydrogen) atoms. The standard InChI is InChI=1S/C35H66/c1-5-7-13-17-31-18-14-11-9-8-10-12-15-26-35(3,4)27-16-19-34(31)33-25-24-32(28-33)30-22-20-29(6-2)21-23-30/h29-34H,5-28H2,1-4H3. The van der Waals surface area contributed by atoms with E-state index in [0.717, 1.165) is 35.5 Å². The Morgan fingerprint density at radius 2 is 1.20 bits per heavy atom. The van der Waals surface area contributed by atoms with E-state index in [2.05, 4.69) is 27.7 Å². The van der Waals surface area contributed by atoms with E-state index in [0.29, 0.717) is 5.41 Å². The molecule has 3 fully saturated rings. The van der Waals surface area contributed by atoms with Gasteiger partial charge in [-0.25, -0.2) is 0 Å². The summed E-state index contributed by atoms with van der Waals surface area (Å²) >= 11 is 0. The van der Waals surface area contributed by atoms with Crippen LogP contribution in [0.25, 0.3) is 0 Å². The number of unbranched alkanes of at least 4 members (excludes halogenated alkanes) is 2. The monoisotopic (exact) mass is 487 g/mol. The Hall–Kier alpha value is 0. The summed E-state index contributed by atoms with van der Waals surface area (Å²) in [5.41, 5.74) is 0.568. The Morgan fingerprint density at radius 3 is 1.91 bits per heavy atom. The van der Waals surface area contributed by atoms with Crippen LogP contribution in [0.1, 0.15) is 182 Å². The van der Waals surface area contributed by atoms with Gasteiger partial charge in [-0.05, 0) is 92.3 Å². The molecule has 3 aliphatic rings. The minimum atomic E-state index is 0.568. The second-order valence-corrected chi connectivity index (χ2v) is 14.5. The molecule has 0 spiro atoms. The molecular formula is C35H66. The zero-order valence-electron chi connectivity index (χ0n) is 24.9. The van der Waals surface area contributed by atoms with Crippen LogP contribution in [0.4, 0.5) is 0 Å². The molecule has 0 aromatic rings. The largest absolute Gasteiger partial charge is 0.0654 e. The highest BCUT2D eigenvalue weighted by molar-refractivity contribution is 4.89. The molecule has 0 aromatic carbocycles. The van der Waals surface area contributed by atoms with Crippen molar-refractivity contribution in [2.45, 2.75) is 182 Å². The minimum absolute atomic E-state index is 0.568. The molecule has 0 saturated heterocycles. The van der Waals surface area contributed by atoms with Crippen LogP contribution in [-0.2, 0) is 0 Å². The van der Waals surface area contributed by atoms with Crippen LogP contribution in [0.15, 0.2) is 0 Å². The molecule has 4 unspecified atom stereocenters. The van der Waals surface area contributed by atoms with E-state index in [4.69, 9.17) is 0 Å². The van der Waals surface area contributed by atoms with Gasteiger partial charge < -0.3 is 0 Å². The van der Waals surface area contributed by atoms with Crippen LogP contribution in [0.5, 0.6) is 0 Å². The van der Waals surface area contributed by atoms with Gasteiger partial charge in [0.1, 0.15) is 0 Å². The fourth-order valence-electron chi connectivity index (χ4n) is 8.86. The van der Waals surface area contributed by atoms with Crippen molar-refractivity contribution in [1.29, 1.82) is 0 Å². The maximum atomic E-state index is 2.58. The zero-order valence-corrected chi connectivity index (χ0v) is 24.9. The summed E-state index contributed by atoms with van der Waals surface area (Å²) in [4.78, 5) is 0. The second kappa shape index (κ2) is 16.1. The Bertz CT molecular complexity index is 524. The van der Waals surface area contributed by atoms with Gasteiger partial charge in [-0.3, -0.25) is 0 Å². The highest BCUT2D eigenvalue weighted by Gasteiger charge is 2.38. The highest BCUT2D eigenvalue weighted by Crippen LogP contribution is 2.49. The molecule has 0 bridgehead atoms. The van der Waals surface area contributed by atoms with Gasteiger partial charge in [-0.15, -0.1) is 0 Å². The quantitative estimate of drug-likeness (QED) is 0.314. The Morgan fingerprint density at radius 1 is 0.571 bits per heavy atom. The lowest BCUT2D eigenvalue weighted by Gasteiger charge is -2.35. The van der Waals surface area contributed by atoms with Crippen molar-refractivity contribution in [3.63, 3.8) is 0 Å². The fraction of sp³-hybridized carbons (Fsp3) is 1.00. The summed E-state index contributed by atoms with van der Waals surface area (Å²) in [5.74, 6) is 6.37. The molecular weight excluding hydrogens is 420 g/mol. The van der Waals surface area contributed by atoms with Crippen molar-refractivity contribution >= 4 is 0 Å². The van der Waals surface area contributed by atoms with Gasteiger partial charge in [0.15, 0.2) is 0 Å². The third kappa shape index (κ3) is 10.3. The van der Waals surface area contributed by atoms with Crippen molar-refractivity contribution in [3.8, 4) is 0 Å². The van der Waals surface area contributed by atoms with Gasteiger partial charge in [-0.2, -0.15) is 0 Å². The molecule has 3 aliphatic carbocycles. The van der Waals surface area contributed by atoms with Gasteiger partial charge in [0.2, 0.25) is 0 Å². The van der Waals surface area contributed by atoms with Gasteiger partial charge in [0, 0.05) is 0 Å². The van der Waals surface area contributed by atoms with Crippen LogP contribution in [0, 0.1) is 40.9 Å². The lowest BCUT2D eigenvalue weighted by Crippen LogP contribution is -2.25. The normalized spacial score (nSPS) is 36.3. The average Bonchev–Trinajstić information content (AvgIpc) is 3.34. The summed E-state index contributed by atoms with van der Waals surface area (Å²) in [6, 6.07) is 0.